The summed E-state index contributed by atoms with van der Waals surface area (Å²) < 4.78 is 23.2. The number of hydrogen-bond donors (Lipinski definition) is 0. The van der Waals surface area contributed by atoms with E-state index in [1.807, 2.05) is 44.2 Å². The van der Waals surface area contributed by atoms with E-state index < -0.39 is 5.79 Å². The first-order chi connectivity index (χ1) is 14.8. The van der Waals surface area contributed by atoms with Crippen molar-refractivity contribution in [2.45, 2.75) is 78.0 Å². The van der Waals surface area contributed by atoms with Crippen LogP contribution in [0.25, 0.3) is 0 Å². The fraction of sp³-hybridized carbons (Fsp3) is 0.556. The molecule has 0 spiro atoms. The topological polar surface area (TPSA) is 36.9 Å². The van der Waals surface area contributed by atoms with Gasteiger partial charge in [0.1, 0.15) is 11.9 Å². The summed E-state index contributed by atoms with van der Waals surface area (Å²) in [5, 5.41) is 0. The van der Waals surface area contributed by atoms with Gasteiger partial charge in [-0.2, -0.15) is 0 Å². The van der Waals surface area contributed by atoms with E-state index in [1.165, 1.54) is 5.57 Å². The maximum absolute atomic E-state index is 6.12. The van der Waals surface area contributed by atoms with Crippen LogP contribution in [0.4, 0.5) is 0 Å². The molecule has 2 rings (SSSR count). The first-order valence-corrected chi connectivity index (χ1v) is 11.3. The molecule has 0 saturated carbocycles. The molecule has 1 aromatic rings. The van der Waals surface area contributed by atoms with Gasteiger partial charge in [0.15, 0.2) is 5.79 Å². The molecule has 0 aliphatic carbocycles. The molecule has 172 valence electrons. The Morgan fingerprint density at radius 2 is 1.94 bits per heavy atom. The van der Waals surface area contributed by atoms with E-state index in [1.54, 1.807) is 7.11 Å². The Bertz CT molecular complexity index is 717. The summed E-state index contributed by atoms with van der Waals surface area (Å²) in [6.07, 6.45) is 12.7. The molecule has 1 fully saturated rings. The summed E-state index contributed by atoms with van der Waals surface area (Å²) in [4.78, 5) is 0. The van der Waals surface area contributed by atoms with Crippen molar-refractivity contribution in [2.24, 2.45) is 5.92 Å². The molecule has 0 bridgehead atoms. The lowest BCUT2D eigenvalue weighted by molar-refractivity contribution is -0.144. The molecule has 3 atom stereocenters. The summed E-state index contributed by atoms with van der Waals surface area (Å²) in [7, 11) is 1.67. The number of benzene rings is 1. The van der Waals surface area contributed by atoms with Crippen molar-refractivity contribution >= 4 is 0 Å². The van der Waals surface area contributed by atoms with Gasteiger partial charge in [-0.05, 0) is 70.1 Å². The zero-order chi connectivity index (χ0) is 22.7. The summed E-state index contributed by atoms with van der Waals surface area (Å²) >= 11 is 0. The van der Waals surface area contributed by atoms with Crippen molar-refractivity contribution in [3.8, 4) is 5.75 Å². The van der Waals surface area contributed by atoms with Gasteiger partial charge in [0, 0.05) is 0 Å². The lowest BCUT2D eigenvalue weighted by Crippen LogP contribution is -2.23. The van der Waals surface area contributed by atoms with Gasteiger partial charge < -0.3 is 18.9 Å². The van der Waals surface area contributed by atoms with Crippen LogP contribution >= 0.6 is 0 Å². The van der Waals surface area contributed by atoms with Gasteiger partial charge in [0.2, 0.25) is 0 Å². The molecule has 1 heterocycles. The molecule has 0 amide bonds. The fourth-order valence-corrected chi connectivity index (χ4v) is 3.75. The van der Waals surface area contributed by atoms with Crippen molar-refractivity contribution in [3.05, 3.63) is 66.3 Å². The second-order valence-electron chi connectivity index (χ2n) is 8.90. The molecule has 1 aliphatic rings. The van der Waals surface area contributed by atoms with Crippen molar-refractivity contribution in [1.82, 2.24) is 0 Å². The molecule has 0 N–H and O–H groups in total. The number of allylic oxidation sites excluding steroid dienone is 3. The van der Waals surface area contributed by atoms with E-state index in [0.29, 0.717) is 19.1 Å². The maximum atomic E-state index is 6.12. The number of ether oxygens (including phenoxy) is 4. The Kier molecular flexibility index (Phi) is 10.5. The van der Waals surface area contributed by atoms with Crippen LogP contribution in [-0.4, -0.2) is 31.7 Å². The largest absolute Gasteiger partial charge is 0.497 e. The van der Waals surface area contributed by atoms with E-state index in [9.17, 15) is 0 Å². The van der Waals surface area contributed by atoms with Crippen LogP contribution in [0.5, 0.6) is 5.75 Å². The third-order valence-corrected chi connectivity index (χ3v) is 5.33. The summed E-state index contributed by atoms with van der Waals surface area (Å²) in [5.41, 5.74) is 2.40. The van der Waals surface area contributed by atoms with E-state index in [-0.39, 0.29) is 12.2 Å². The minimum Gasteiger partial charge on any atom is -0.497 e. The molecular formula is C27H40O4. The fourth-order valence-electron chi connectivity index (χ4n) is 3.75. The Balaban J connectivity index is 1.71. The van der Waals surface area contributed by atoms with Crippen LogP contribution in [0.15, 0.2) is 60.7 Å². The molecule has 31 heavy (non-hydrogen) atoms. The van der Waals surface area contributed by atoms with Gasteiger partial charge in [0.25, 0.3) is 0 Å². The van der Waals surface area contributed by atoms with Crippen molar-refractivity contribution in [2.75, 3.05) is 13.7 Å². The molecular weight excluding hydrogens is 388 g/mol. The van der Waals surface area contributed by atoms with Gasteiger partial charge in [0.05, 0.1) is 26.4 Å². The van der Waals surface area contributed by atoms with Crippen LogP contribution in [-0.2, 0) is 20.8 Å². The van der Waals surface area contributed by atoms with Gasteiger partial charge in [-0.15, -0.1) is 6.58 Å². The molecule has 1 aliphatic heterocycles. The number of rotatable bonds is 13. The molecule has 1 aromatic carbocycles. The summed E-state index contributed by atoms with van der Waals surface area (Å²) in [6, 6.07) is 7.98. The average molecular weight is 429 g/mol. The minimum atomic E-state index is -0.523. The number of hydrogen-bond acceptors (Lipinski definition) is 4. The quantitative estimate of drug-likeness (QED) is 0.261. The molecule has 0 radical (unpaired) electrons. The zero-order valence-corrected chi connectivity index (χ0v) is 19.9. The Morgan fingerprint density at radius 1 is 1.19 bits per heavy atom. The molecule has 0 aromatic heterocycles. The second-order valence-corrected chi connectivity index (χ2v) is 8.90. The SMILES string of the molecule is C=CC[C@@H](C)C[C@@H]1OC(C)(C)O[C@H]1/C=C/CC/C=C(\C)COCc1ccc(OC)cc1. The lowest BCUT2D eigenvalue weighted by Gasteiger charge is -2.19. The number of unbranched alkanes of at least 4 members (excludes halogenated alkanes) is 1. The van der Waals surface area contributed by atoms with Crippen LogP contribution in [0.2, 0.25) is 0 Å². The molecule has 4 heteroatoms. The van der Waals surface area contributed by atoms with Gasteiger partial charge >= 0.3 is 0 Å². The predicted octanol–water partition coefficient (Wildman–Crippen LogP) is 6.62. The van der Waals surface area contributed by atoms with Crippen LogP contribution in [0, 0.1) is 5.92 Å². The molecule has 4 nitrogen and oxygen atoms in total. The third-order valence-electron chi connectivity index (χ3n) is 5.33. The van der Waals surface area contributed by atoms with Gasteiger partial charge in [-0.25, -0.2) is 0 Å². The van der Waals surface area contributed by atoms with Crippen LogP contribution in [0.3, 0.4) is 0 Å². The van der Waals surface area contributed by atoms with Crippen molar-refractivity contribution in [1.29, 1.82) is 0 Å². The van der Waals surface area contributed by atoms with E-state index in [0.717, 1.165) is 37.0 Å². The van der Waals surface area contributed by atoms with E-state index >= 15 is 0 Å². The Labute approximate surface area is 188 Å². The highest BCUT2D eigenvalue weighted by atomic mass is 16.7. The highest BCUT2D eigenvalue weighted by Gasteiger charge is 2.40. The third kappa shape index (κ3) is 9.42. The first-order valence-electron chi connectivity index (χ1n) is 11.3. The number of methoxy groups -OCH3 is 1. The standard InChI is InChI=1S/C27H40O4/c1-7-11-21(2)18-26-25(30-27(4,5)31-26)13-10-8-9-12-22(3)19-29-20-23-14-16-24(28-6)17-15-23/h7,10,12-17,21,25-26H,1,8-9,11,18-20H2,2-6H3/b13-10+,22-12+/t21-,25+,26+/m1/s1. The predicted molar refractivity (Wildman–Crippen MR) is 127 cm³/mol. The highest BCUT2D eigenvalue weighted by molar-refractivity contribution is 5.26. The van der Waals surface area contributed by atoms with Crippen LogP contribution < -0.4 is 4.74 Å². The molecule has 0 unspecified atom stereocenters. The Hall–Kier alpha value is -1.88. The van der Waals surface area contributed by atoms with Crippen LogP contribution in [0.1, 0.15) is 58.9 Å². The van der Waals surface area contributed by atoms with Crippen molar-refractivity contribution in [3.63, 3.8) is 0 Å². The van der Waals surface area contributed by atoms with Gasteiger partial charge in [-0.1, -0.05) is 48.9 Å². The second kappa shape index (κ2) is 12.8. The van der Waals surface area contributed by atoms with Gasteiger partial charge in [-0.3, -0.25) is 0 Å². The summed E-state index contributed by atoms with van der Waals surface area (Å²) in [5.74, 6) is 0.883. The zero-order valence-electron chi connectivity index (χ0n) is 19.9. The smallest absolute Gasteiger partial charge is 0.164 e. The van der Waals surface area contributed by atoms with E-state index in [2.05, 4.69) is 38.7 Å². The molecule has 1 saturated heterocycles. The van der Waals surface area contributed by atoms with Crippen molar-refractivity contribution < 1.29 is 18.9 Å². The van der Waals surface area contributed by atoms with E-state index in [4.69, 9.17) is 18.9 Å². The average Bonchev–Trinajstić information content (AvgIpc) is 3.01. The minimum absolute atomic E-state index is 0.0140. The Morgan fingerprint density at radius 3 is 2.61 bits per heavy atom. The maximum Gasteiger partial charge on any atom is 0.164 e. The first kappa shape index (κ1) is 25.4. The lowest BCUT2D eigenvalue weighted by atomic mass is 9.97. The monoisotopic (exact) mass is 428 g/mol. The summed E-state index contributed by atoms with van der Waals surface area (Å²) in [6.45, 7) is 13.4. The normalized spacial score (nSPS) is 22.0. The highest BCUT2D eigenvalue weighted by Crippen LogP contribution is 2.33.